The fraction of sp³-hybridized carbons (Fsp3) is 0.0169. The number of anilines is 3. The number of rotatable bonds is 5. The van der Waals surface area contributed by atoms with E-state index in [1.54, 1.807) is 0 Å². The van der Waals surface area contributed by atoms with Gasteiger partial charge in [0.15, 0.2) is 0 Å². The van der Waals surface area contributed by atoms with Crippen molar-refractivity contribution in [1.82, 2.24) is 0 Å². The van der Waals surface area contributed by atoms with E-state index >= 15 is 0 Å². The molecule has 0 atom stereocenters. The Morgan fingerprint density at radius 1 is 0.371 bits per heavy atom. The Morgan fingerprint density at radius 3 is 1.73 bits per heavy atom. The van der Waals surface area contributed by atoms with E-state index in [1.807, 2.05) is 23.9 Å². The Morgan fingerprint density at radius 2 is 0.968 bits per heavy atom. The minimum atomic E-state index is -0.512. The fourth-order valence-corrected chi connectivity index (χ4v) is 11.7. The quantitative estimate of drug-likeness (QED) is 0.172. The molecule has 290 valence electrons. The van der Waals surface area contributed by atoms with Gasteiger partial charge in [0.05, 0.1) is 5.41 Å². The van der Waals surface area contributed by atoms with E-state index in [0.717, 1.165) is 50.1 Å². The predicted molar refractivity (Wildman–Crippen MR) is 258 cm³/mol. The summed E-state index contributed by atoms with van der Waals surface area (Å²) in [5, 5.41) is 4.82. The zero-order valence-corrected chi connectivity index (χ0v) is 34.4. The molecule has 0 saturated carbocycles. The fourth-order valence-electron chi connectivity index (χ4n) is 10.5. The molecule has 1 spiro atoms. The highest BCUT2D eigenvalue weighted by Crippen LogP contribution is 2.63. The summed E-state index contributed by atoms with van der Waals surface area (Å²) in [6.45, 7) is 0. The van der Waals surface area contributed by atoms with Crippen LogP contribution in [0.15, 0.2) is 239 Å². The standard InChI is InChI=1S/C59H37NOS/c1-2-13-38(14-3-1)39-25-30-42(31-26-39)60(43-32-27-41(28-33-43)46-18-12-22-54-58(46)48-17-6-9-21-53(48)61-54)44-34-35-47-52(37-44)59(51-36-29-40-15-4-5-16-45(40)57(47)51)49-19-7-10-23-55(49)62-56-24-11-8-20-50(56)59/h1-37H. The summed E-state index contributed by atoms with van der Waals surface area (Å²) in [5.41, 5.74) is 17.2. The van der Waals surface area contributed by atoms with Gasteiger partial charge in [-0.3, -0.25) is 0 Å². The summed E-state index contributed by atoms with van der Waals surface area (Å²) in [5.74, 6) is 0. The number of para-hydroxylation sites is 1. The molecule has 11 aromatic rings. The van der Waals surface area contributed by atoms with E-state index in [2.05, 4.69) is 217 Å². The smallest absolute Gasteiger partial charge is 0.136 e. The highest BCUT2D eigenvalue weighted by molar-refractivity contribution is 7.99. The second kappa shape index (κ2) is 13.7. The van der Waals surface area contributed by atoms with Crippen LogP contribution in [-0.2, 0) is 5.41 Å². The van der Waals surface area contributed by atoms with E-state index < -0.39 is 5.41 Å². The normalized spacial score (nSPS) is 13.2. The van der Waals surface area contributed by atoms with Crippen molar-refractivity contribution >= 4 is 61.5 Å². The number of nitrogens with zero attached hydrogens (tertiary/aromatic N) is 1. The maximum Gasteiger partial charge on any atom is 0.136 e. The Kier molecular flexibility index (Phi) is 7.79. The lowest BCUT2D eigenvalue weighted by Gasteiger charge is -2.40. The molecule has 13 rings (SSSR count). The average molecular weight is 808 g/mol. The van der Waals surface area contributed by atoms with Crippen LogP contribution >= 0.6 is 11.8 Å². The number of fused-ring (bicyclic) bond motifs is 14. The molecule has 1 aromatic heterocycles. The SMILES string of the molecule is c1ccc(-c2ccc(N(c3ccc(-c4cccc5oc6ccccc6c45)cc3)c3ccc4c(c3)C3(c5ccccc5Sc5ccccc53)c3ccc5ccccc5c3-4)cc2)cc1. The molecule has 0 bridgehead atoms. The van der Waals surface area contributed by atoms with E-state index in [0.29, 0.717) is 0 Å². The van der Waals surface area contributed by atoms with Crippen LogP contribution < -0.4 is 4.90 Å². The zero-order chi connectivity index (χ0) is 40.8. The summed E-state index contributed by atoms with van der Waals surface area (Å²) in [6.07, 6.45) is 0. The average Bonchev–Trinajstić information content (AvgIpc) is 3.87. The van der Waals surface area contributed by atoms with Crippen LogP contribution in [0.5, 0.6) is 0 Å². The summed E-state index contributed by atoms with van der Waals surface area (Å²) in [7, 11) is 0. The Labute approximate surface area is 364 Å². The molecule has 1 aliphatic heterocycles. The van der Waals surface area contributed by atoms with Gasteiger partial charge in [0.25, 0.3) is 0 Å². The second-order valence-electron chi connectivity index (χ2n) is 16.4. The number of hydrogen-bond acceptors (Lipinski definition) is 3. The molecule has 62 heavy (non-hydrogen) atoms. The minimum absolute atomic E-state index is 0.512. The van der Waals surface area contributed by atoms with Gasteiger partial charge in [-0.1, -0.05) is 176 Å². The highest BCUT2D eigenvalue weighted by Gasteiger charge is 2.50. The maximum absolute atomic E-state index is 6.30. The summed E-state index contributed by atoms with van der Waals surface area (Å²) in [6, 6.07) is 82.4. The van der Waals surface area contributed by atoms with Gasteiger partial charge in [-0.25, -0.2) is 0 Å². The van der Waals surface area contributed by atoms with E-state index in [4.69, 9.17) is 4.42 Å². The Hall–Kier alpha value is -7.59. The Balaban J connectivity index is 1.04. The van der Waals surface area contributed by atoms with Crippen LogP contribution in [0.25, 0.3) is 66.1 Å². The lowest BCUT2D eigenvalue weighted by Crippen LogP contribution is -2.32. The van der Waals surface area contributed by atoms with E-state index in [9.17, 15) is 0 Å². The van der Waals surface area contributed by atoms with E-state index in [1.165, 1.54) is 65.1 Å². The van der Waals surface area contributed by atoms with Gasteiger partial charge < -0.3 is 9.32 Å². The van der Waals surface area contributed by atoms with Gasteiger partial charge in [-0.15, -0.1) is 0 Å². The first-order chi connectivity index (χ1) is 30.7. The third-order valence-electron chi connectivity index (χ3n) is 13.1. The molecule has 2 heterocycles. The van der Waals surface area contributed by atoms with Gasteiger partial charge in [0.1, 0.15) is 11.2 Å². The van der Waals surface area contributed by atoms with Crippen molar-refractivity contribution in [2.45, 2.75) is 15.2 Å². The Bertz CT molecular complexity index is 3500. The van der Waals surface area contributed by atoms with Crippen LogP contribution in [0.3, 0.4) is 0 Å². The number of hydrogen-bond donors (Lipinski definition) is 0. The number of furan rings is 1. The molecule has 2 nitrogen and oxygen atoms in total. The third kappa shape index (κ3) is 5.12. The third-order valence-corrected chi connectivity index (χ3v) is 14.3. The van der Waals surface area contributed by atoms with Gasteiger partial charge in [0.2, 0.25) is 0 Å². The molecule has 10 aromatic carbocycles. The van der Waals surface area contributed by atoms with Crippen molar-refractivity contribution in [1.29, 1.82) is 0 Å². The van der Waals surface area contributed by atoms with Crippen molar-refractivity contribution in [2.75, 3.05) is 4.90 Å². The van der Waals surface area contributed by atoms with Crippen LogP contribution in [-0.4, -0.2) is 0 Å². The molecular weight excluding hydrogens is 771 g/mol. The monoisotopic (exact) mass is 807 g/mol. The predicted octanol–water partition coefficient (Wildman–Crippen LogP) is 16.4. The van der Waals surface area contributed by atoms with Gasteiger partial charge in [-0.05, 0) is 127 Å². The molecule has 0 fully saturated rings. The van der Waals surface area contributed by atoms with Crippen LogP contribution in [0.4, 0.5) is 17.1 Å². The first-order valence-electron chi connectivity index (χ1n) is 21.2. The van der Waals surface area contributed by atoms with E-state index in [-0.39, 0.29) is 0 Å². The van der Waals surface area contributed by atoms with Gasteiger partial charge in [-0.2, -0.15) is 0 Å². The summed E-state index contributed by atoms with van der Waals surface area (Å²) < 4.78 is 6.30. The molecule has 0 unspecified atom stereocenters. The zero-order valence-electron chi connectivity index (χ0n) is 33.6. The largest absolute Gasteiger partial charge is 0.456 e. The summed E-state index contributed by atoms with van der Waals surface area (Å²) >= 11 is 1.88. The lowest BCUT2D eigenvalue weighted by atomic mass is 9.67. The molecule has 0 radical (unpaired) electrons. The molecular formula is C59H37NOS. The van der Waals surface area contributed by atoms with Crippen molar-refractivity contribution in [3.05, 3.63) is 247 Å². The van der Waals surface area contributed by atoms with Gasteiger partial charge in [0, 0.05) is 37.6 Å². The lowest BCUT2D eigenvalue weighted by molar-refractivity contribution is 0.669. The molecule has 3 heteroatoms. The van der Waals surface area contributed by atoms with Crippen molar-refractivity contribution in [3.63, 3.8) is 0 Å². The second-order valence-corrected chi connectivity index (χ2v) is 17.4. The van der Waals surface area contributed by atoms with Crippen molar-refractivity contribution in [3.8, 4) is 33.4 Å². The molecule has 0 amide bonds. The highest BCUT2D eigenvalue weighted by atomic mass is 32.2. The maximum atomic E-state index is 6.30. The molecule has 0 saturated heterocycles. The van der Waals surface area contributed by atoms with Gasteiger partial charge >= 0.3 is 0 Å². The molecule has 2 aliphatic rings. The molecule has 1 aliphatic carbocycles. The topological polar surface area (TPSA) is 16.4 Å². The van der Waals surface area contributed by atoms with Crippen LogP contribution in [0, 0.1) is 0 Å². The molecule has 0 N–H and O–H groups in total. The number of benzene rings is 10. The van der Waals surface area contributed by atoms with Crippen molar-refractivity contribution in [2.24, 2.45) is 0 Å². The first-order valence-corrected chi connectivity index (χ1v) is 22.1. The van der Waals surface area contributed by atoms with Crippen LogP contribution in [0.1, 0.15) is 22.3 Å². The van der Waals surface area contributed by atoms with Crippen LogP contribution in [0.2, 0.25) is 0 Å². The minimum Gasteiger partial charge on any atom is -0.456 e. The van der Waals surface area contributed by atoms with Crippen molar-refractivity contribution < 1.29 is 4.42 Å². The summed E-state index contributed by atoms with van der Waals surface area (Å²) in [4.78, 5) is 5.03. The first kappa shape index (κ1) is 35.2.